The van der Waals surface area contributed by atoms with Crippen LogP contribution >= 0.6 is 24.0 Å². The number of carbonyl (C=O) groups excluding carboxylic acids is 1. The molecule has 0 saturated carbocycles. The van der Waals surface area contributed by atoms with E-state index in [4.69, 9.17) is 22.7 Å². The van der Waals surface area contributed by atoms with Crippen LogP contribution in [0, 0.1) is 0 Å². The van der Waals surface area contributed by atoms with Crippen LogP contribution in [-0.4, -0.2) is 29.0 Å². The first-order valence-corrected chi connectivity index (χ1v) is 7.57. The van der Waals surface area contributed by atoms with E-state index in [1.165, 1.54) is 11.8 Å². The molecule has 104 valence electrons. The number of anilines is 1. The van der Waals surface area contributed by atoms with Crippen molar-refractivity contribution in [1.29, 1.82) is 0 Å². The molecule has 1 aromatic rings. The van der Waals surface area contributed by atoms with Crippen molar-refractivity contribution in [3.63, 3.8) is 0 Å². The molecule has 4 nitrogen and oxygen atoms in total. The average molecular weight is 298 g/mol. The van der Waals surface area contributed by atoms with Gasteiger partial charge in [0.05, 0.1) is 23.0 Å². The van der Waals surface area contributed by atoms with E-state index in [1.54, 1.807) is 0 Å². The largest absolute Gasteiger partial charge is 0.492 e. The summed E-state index contributed by atoms with van der Waals surface area (Å²) in [6.07, 6.45) is 0.656. The molecule has 1 amide bonds. The first-order valence-electron chi connectivity index (χ1n) is 6.01. The summed E-state index contributed by atoms with van der Waals surface area (Å²) >= 11 is 6.28. The van der Waals surface area contributed by atoms with Gasteiger partial charge >= 0.3 is 0 Å². The van der Waals surface area contributed by atoms with Crippen LogP contribution in [0.15, 0.2) is 24.3 Å². The second-order valence-corrected chi connectivity index (χ2v) is 5.38. The number of carbonyl (C=O) groups is 1. The van der Waals surface area contributed by atoms with E-state index >= 15 is 0 Å². The van der Waals surface area contributed by atoms with Crippen molar-refractivity contribution >= 4 is 40.6 Å². The van der Waals surface area contributed by atoms with Crippen molar-refractivity contribution in [3.05, 3.63) is 24.3 Å². The van der Waals surface area contributed by atoms with Gasteiger partial charge in [0.2, 0.25) is 5.91 Å². The minimum absolute atomic E-state index is 0.0555. The molecule has 1 aromatic carbocycles. The van der Waals surface area contributed by atoms with Crippen LogP contribution in [0.25, 0.3) is 0 Å². The molecular formula is C13H18N2O2S2. The molecule has 6 heteroatoms. The zero-order chi connectivity index (χ0) is 14.1. The summed E-state index contributed by atoms with van der Waals surface area (Å²) in [5.74, 6) is 1.77. The average Bonchev–Trinajstić information content (AvgIpc) is 2.37. The van der Waals surface area contributed by atoms with E-state index in [-0.39, 0.29) is 5.91 Å². The molecule has 0 aliphatic rings. The third-order valence-electron chi connectivity index (χ3n) is 2.19. The summed E-state index contributed by atoms with van der Waals surface area (Å²) in [6.45, 7) is 2.47. The number of para-hydroxylation sites is 2. The Labute approximate surface area is 123 Å². The highest BCUT2D eigenvalue weighted by Gasteiger charge is 2.07. The van der Waals surface area contributed by atoms with Crippen LogP contribution in [0.1, 0.15) is 13.3 Å². The SMILES string of the molecule is CCOc1ccccc1NC(=O)CSCCC(N)=S. The highest BCUT2D eigenvalue weighted by molar-refractivity contribution is 8.00. The molecular weight excluding hydrogens is 280 g/mol. The fraction of sp³-hybridized carbons (Fsp3) is 0.385. The highest BCUT2D eigenvalue weighted by atomic mass is 32.2. The Hall–Kier alpha value is -1.27. The van der Waals surface area contributed by atoms with Gasteiger partial charge in [0.1, 0.15) is 5.75 Å². The third-order valence-corrected chi connectivity index (χ3v) is 3.35. The molecule has 0 atom stereocenters. The summed E-state index contributed by atoms with van der Waals surface area (Å²) in [5, 5.41) is 2.83. The summed E-state index contributed by atoms with van der Waals surface area (Å²) in [5.41, 5.74) is 6.09. The first-order chi connectivity index (χ1) is 9.13. The zero-order valence-electron chi connectivity index (χ0n) is 10.8. The number of hydrogen-bond acceptors (Lipinski definition) is 4. The van der Waals surface area contributed by atoms with Crippen molar-refractivity contribution in [1.82, 2.24) is 0 Å². The molecule has 0 aliphatic heterocycles. The standard InChI is InChI=1S/C13H18N2O2S2/c1-2-17-11-6-4-3-5-10(11)15-13(16)9-19-8-7-12(14)18/h3-6H,2,7-9H2,1H3,(H2,14,18)(H,15,16). The molecule has 19 heavy (non-hydrogen) atoms. The van der Waals surface area contributed by atoms with Gasteiger partial charge in [0.25, 0.3) is 0 Å². The van der Waals surface area contributed by atoms with Crippen LogP contribution in [0.3, 0.4) is 0 Å². The summed E-state index contributed by atoms with van der Waals surface area (Å²) < 4.78 is 5.44. The van der Waals surface area contributed by atoms with Crippen LogP contribution in [0.5, 0.6) is 5.75 Å². The molecule has 0 aliphatic carbocycles. The third kappa shape index (κ3) is 6.45. The lowest BCUT2D eigenvalue weighted by Gasteiger charge is -2.11. The normalized spacial score (nSPS) is 9.95. The number of thioether (sulfide) groups is 1. The number of rotatable bonds is 8. The van der Waals surface area contributed by atoms with E-state index in [0.29, 0.717) is 35.2 Å². The molecule has 0 fully saturated rings. The van der Waals surface area contributed by atoms with E-state index in [1.807, 2.05) is 31.2 Å². The number of ether oxygens (including phenoxy) is 1. The lowest BCUT2D eigenvalue weighted by Crippen LogP contribution is -2.16. The van der Waals surface area contributed by atoms with Crippen molar-refractivity contribution < 1.29 is 9.53 Å². The Morgan fingerprint density at radius 2 is 2.21 bits per heavy atom. The van der Waals surface area contributed by atoms with Gasteiger partial charge in [0, 0.05) is 12.2 Å². The number of amides is 1. The van der Waals surface area contributed by atoms with Gasteiger partial charge in [-0.2, -0.15) is 11.8 Å². The predicted octanol–water partition coefficient (Wildman–Crippen LogP) is 2.43. The number of nitrogens with two attached hydrogens (primary N) is 1. The lowest BCUT2D eigenvalue weighted by molar-refractivity contribution is -0.113. The molecule has 0 aromatic heterocycles. The number of nitrogens with one attached hydrogen (secondary N) is 1. The highest BCUT2D eigenvalue weighted by Crippen LogP contribution is 2.23. The van der Waals surface area contributed by atoms with E-state index in [2.05, 4.69) is 5.32 Å². The second-order valence-electron chi connectivity index (χ2n) is 3.75. The Morgan fingerprint density at radius 3 is 2.89 bits per heavy atom. The quantitative estimate of drug-likeness (QED) is 0.570. The number of hydrogen-bond donors (Lipinski definition) is 2. The van der Waals surface area contributed by atoms with Crippen molar-refractivity contribution in [2.24, 2.45) is 5.73 Å². The molecule has 0 saturated heterocycles. The van der Waals surface area contributed by atoms with Crippen LogP contribution in [-0.2, 0) is 4.79 Å². The van der Waals surface area contributed by atoms with E-state index < -0.39 is 0 Å². The maximum atomic E-state index is 11.8. The van der Waals surface area contributed by atoms with E-state index in [9.17, 15) is 4.79 Å². The van der Waals surface area contributed by atoms with Gasteiger partial charge in [-0.25, -0.2) is 0 Å². The smallest absolute Gasteiger partial charge is 0.234 e. The van der Waals surface area contributed by atoms with Crippen LogP contribution in [0.2, 0.25) is 0 Å². The zero-order valence-corrected chi connectivity index (χ0v) is 12.5. The first kappa shape index (κ1) is 15.8. The molecule has 1 rings (SSSR count). The van der Waals surface area contributed by atoms with Crippen LogP contribution < -0.4 is 15.8 Å². The van der Waals surface area contributed by atoms with Crippen molar-refractivity contribution in [2.45, 2.75) is 13.3 Å². The Bertz CT molecular complexity index is 438. The fourth-order valence-electron chi connectivity index (χ4n) is 1.38. The van der Waals surface area contributed by atoms with Gasteiger partial charge < -0.3 is 15.8 Å². The van der Waals surface area contributed by atoms with Crippen molar-refractivity contribution in [2.75, 3.05) is 23.4 Å². The van der Waals surface area contributed by atoms with E-state index in [0.717, 1.165) is 5.75 Å². The predicted molar refractivity (Wildman–Crippen MR) is 85.0 cm³/mol. The Balaban J connectivity index is 2.41. The maximum absolute atomic E-state index is 11.8. The number of benzene rings is 1. The topological polar surface area (TPSA) is 64.3 Å². The van der Waals surface area contributed by atoms with Gasteiger partial charge in [-0.15, -0.1) is 0 Å². The summed E-state index contributed by atoms with van der Waals surface area (Å²) in [6, 6.07) is 7.39. The number of thiocarbonyl (C=S) groups is 1. The summed E-state index contributed by atoms with van der Waals surface area (Å²) in [7, 11) is 0. The van der Waals surface area contributed by atoms with Gasteiger partial charge in [-0.1, -0.05) is 24.4 Å². The molecule has 0 radical (unpaired) electrons. The Kier molecular flexibility index (Phi) is 7.28. The second kappa shape index (κ2) is 8.77. The molecule has 0 bridgehead atoms. The molecule has 0 heterocycles. The summed E-state index contributed by atoms with van der Waals surface area (Å²) in [4.78, 5) is 12.2. The lowest BCUT2D eigenvalue weighted by atomic mass is 10.3. The van der Waals surface area contributed by atoms with Gasteiger partial charge in [-0.3, -0.25) is 4.79 Å². The molecule has 0 spiro atoms. The van der Waals surface area contributed by atoms with Crippen LogP contribution in [0.4, 0.5) is 5.69 Å². The molecule has 3 N–H and O–H groups in total. The van der Waals surface area contributed by atoms with Crippen molar-refractivity contribution in [3.8, 4) is 5.75 Å². The minimum atomic E-state index is -0.0555. The minimum Gasteiger partial charge on any atom is -0.492 e. The van der Waals surface area contributed by atoms with Gasteiger partial charge in [0.15, 0.2) is 0 Å². The Morgan fingerprint density at radius 1 is 1.47 bits per heavy atom. The van der Waals surface area contributed by atoms with Gasteiger partial charge in [-0.05, 0) is 19.1 Å². The maximum Gasteiger partial charge on any atom is 0.234 e. The monoisotopic (exact) mass is 298 g/mol. The fourth-order valence-corrected chi connectivity index (χ4v) is 2.37. The molecule has 0 unspecified atom stereocenters.